The standard InChI is InChI=1S/C15H23NOS/c1-11(2)9-10-18(17)14-8-7-12-5-3-4-6-13(12)15(14)16/h3-6,11,14-15H,7-10,16H2,1-2H3. The van der Waals surface area contributed by atoms with Gasteiger partial charge in [-0.15, -0.1) is 0 Å². The Morgan fingerprint density at radius 3 is 2.83 bits per heavy atom. The summed E-state index contributed by atoms with van der Waals surface area (Å²) in [5, 5.41) is 0.138. The molecule has 18 heavy (non-hydrogen) atoms. The summed E-state index contributed by atoms with van der Waals surface area (Å²) < 4.78 is 12.4. The van der Waals surface area contributed by atoms with Crippen LogP contribution in [-0.2, 0) is 17.2 Å². The lowest BCUT2D eigenvalue weighted by atomic mass is 9.88. The minimum Gasteiger partial charge on any atom is -0.323 e. The van der Waals surface area contributed by atoms with E-state index in [1.165, 1.54) is 11.1 Å². The van der Waals surface area contributed by atoms with E-state index in [0.29, 0.717) is 5.92 Å². The summed E-state index contributed by atoms with van der Waals surface area (Å²) in [6, 6.07) is 8.26. The Morgan fingerprint density at radius 1 is 1.39 bits per heavy atom. The first-order valence-electron chi connectivity index (χ1n) is 6.80. The van der Waals surface area contributed by atoms with Crippen molar-refractivity contribution in [3.8, 4) is 0 Å². The quantitative estimate of drug-likeness (QED) is 0.909. The molecule has 1 aromatic carbocycles. The van der Waals surface area contributed by atoms with E-state index in [-0.39, 0.29) is 11.3 Å². The molecule has 100 valence electrons. The number of nitrogens with two attached hydrogens (primary N) is 1. The second-order valence-corrected chi connectivity index (χ2v) is 7.34. The number of benzene rings is 1. The van der Waals surface area contributed by atoms with E-state index < -0.39 is 10.8 Å². The van der Waals surface area contributed by atoms with Gasteiger partial charge in [0.15, 0.2) is 0 Å². The number of hydrogen-bond donors (Lipinski definition) is 1. The smallest absolute Gasteiger partial charge is 0.0544 e. The molecule has 3 unspecified atom stereocenters. The van der Waals surface area contributed by atoms with Crippen molar-refractivity contribution in [1.82, 2.24) is 0 Å². The third kappa shape index (κ3) is 3.01. The average molecular weight is 265 g/mol. The van der Waals surface area contributed by atoms with E-state index >= 15 is 0 Å². The molecule has 0 aliphatic heterocycles. The molecule has 1 aliphatic rings. The lowest BCUT2D eigenvalue weighted by molar-refractivity contribution is 0.556. The van der Waals surface area contributed by atoms with Crippen molar-refractivity contribution >= 4 is 10.8 Å². The van der Waals surface area contributed by atoms with Gasteiger partial charge in [-0.05, 0) is 36.3 Å². The van der Waals surface area contributed by atoms with Gasteiger partial charge in [0.05, 0.1) is 5.25 Å². The van der Waals surface area contributed by atoms with Gasteiger partial charge in [-0.25, -0.2) is 0 Å². The maximum absolute atomic E-state index is 12.4. The monoisotopic (exact) mass is 265 g/mol. The van der Waals surface area contributed by atoms with Crippen LogP contribution >= 0.6 is 0 Å². The highest BCUT2D eigenvalue weighted by Crippen LogP contribution is 2.31. The van der Waals surface area contributed by atoms with Crippen molar-refractivity contribution in [3.63, 3.8) is 0 Å². The maximum Gasteiger partial charge on any atom is 0.0544 e. The lowest BCUT2D eigenvalue weighted by Gasteiger charge is -2.30. The van der Waals surface area contributed by atoms with E-state index in [1.54, 1.807) is 0 Å². The van der Waals surface area contributed by atoms with E-state index in [9.17, 15) is 4.21 Å². The van der Waals surface area contributed by atoms with Gasteiger partial charge in [0, 0.05) is 22.6 Å². The first kappa shape index (κ1) is 13.8. The number of fused-ring (bicyclic) bond motifs is 1. The third-order valence-corrected chi connectivity index (χ3v) is 5.59. The van der Waals surface area contributed by atoms with E-state index in [1.807, 2.05) is 6.07 Å². The molecule has 1 aromatic rings. The Bertz CT molecular complexity index is 430. The molecule has 0 fully saturated rings. The first-order chi connectivity index (χ1) is 8.59. The van der Waals surface area contributed by atoms with Crippen LogP contribution in [0.2, 0.25) is 0 Å². The van der Waals surface area contributed by atoms with Crippen LogP contribution in [-0.4, -0.2) is 15.2 Å². The average Bonchev–Trinajstić information content (AvgIpc) is 2.37. The Hall–Kier alpha value is -0.670. The van der Waals surface area contributed by atoms with Crippen LogP contribution in [0.25, 0.3) is 0 Å². The van der Waals surface area contributed by atoms with Crippen molar-refractivity contribution < 1.29 is 4.21 Å². The van der Waals surface area contributed by atoms with Crippen LogP contribution in [0.15, 0.2) is 24.3 Å². The van der Waals surface area contributed by atoms with Crippen molar-refractivity contribution in [2.45, 2.75) is 44.4 Å². The van der Waals surface area contributed by atoms with Crippen LogP contribution in [0.3, 0.4) is 0 Å². The molecule has 0 saturated carbocycles. The van der Waals surface area contributed by atoms with Gasteiger partial charge in [-0.3, -0.25) is 4.21 Å². The zero-order chi connectivity index (χ0) is 13.1. The zero-order valence-corrected chi connectivity index (χ0v) is 12.1. The largest absolute Gasteiger partial charge is 0.323 e. The van der Waals surface area contributed by atoms with Gasteiger partial charge in [0.1, 0.15) is 0 Å². The van der Waals surface area contributed by atoms with Crippen LogP contribution < -0.4 is 5.73 Å². The molecular weight excluding hydrogens is 242 g/mol. The van der Waals surface area contributed by atoms with E-state index in [2.05, 4.69) is 32.0 Å². The SMILES string of the molecule is CC(C)CCS(=O)C1CCc2ccccc2C1N. The van der Waals surface area contributed by atoms with Crippen molar-refractivity contribution in [2.75, 3.05) is 5.75 Å². The molecule has 3 heteroatoms. The molecule has 0 aromatic heterocycles. The molecule has 0 amide bonds. The van der Waals surface area contributed by atoms with Crippen LogP contribution in [0.5, 0.6) is 0 Å². The highest BCUT2D eigenvalue weighted by molar-refractivity contribution is 7.85. The molecule has 3 atom stereocenters. The first-order valence-corrected chi connectivity index (χ1v) is 8.18. The molecule has 0 bridgehead atoms. The molecule has 0 heterocycles. The zero-order valence-electron chi connectivity index (χ0n) is 11.3. The highest BCUT2D eigenvalue weighted by atomic mass is 32.2. The molecule has 2 rings (SSSR count). The van der Waals surface area contributed by atoms with Gasteiger partial charge >= 0.3 is 0 Å². The Balaban J connectivity index is 2.07. The van der Waals surface area contributed by atoms with Crippen molar-refractivity contribution in [1.29, 1.82) is 0 Å². The Morgan fingerprint density at radius 2 is 2.11 bits per heavy atom. The molecule has 0 saturated heterocycles. The number of hydrogen-bond acceptors (Lipinski definition) is 2. The lowest BCUT2D eigenvalue weighted by Crippen LogP contribution is -2.35. The second kappa shape index (κ2) is 5.98. The van der Waals surface area contributed by atoms with E-state index in [0.717, 1.165) is 25.0 Å². The summed E-state index contributed by atoms with van der Waals surface area (Å²) in [7, 11) is -0.789. The Labute approximate surface area is 112 Å². The maximum atomic E-state index is 12.4. The van der Waals surface area contributed by atoms with Crippen molar-refractivity contribution in [3.05, 3.63) is 35.4 Å². The van der Waals surface area contributed by atoms with Gasteiger partial charge in [-0.2, -0.15) is 0 Å². The van der Waals surface area contributed by atoms with E-state index in [4.69, 9.17) is 5.73 Å². The highest BCUT2D eigenvalue weighted by Gasteiger charge is 2.30. The Kier molecular flexibility index (Phi) is 4.57. The summed E-state index contributed by atoms with van der Waals surface area (Å²) in [4.78, 5) is 0. The topological polar surface area (TPSA) is 43.1 Å². The van der Waals surface area contributed by atoms with Crippen LogP contribution in [0, 0.1) is 5.92 Å². The summed E-state index contributed by atoms with van der Waals surface area (Å²) in [5.41, 5.74) is 8.84. The predicted molar refractivity (Wildman–Crippen MR) is 77.9 cm³/mol. The fraction of sp³-hybridized carbons (Fsp3) is 0.600. The van der Waals surface area contributed by atoms with Gasteiger partial charge in [0.25, 0.3) is 0 Å². The fourth-order valence-electron chi connectivity index (χ4n) is 2.56. The minimum atomic E-state index is -0.789. The molecule has 0 spiro atoms. The second-order valence-electron chi connectivity index (χ2n) is 5.57. The third-order valence-electron chi connectivity index (χ3n) is 3.75. The van der Waals surface area contributed by atoms with Crippen molar-refractivity contribution in [2.24, 2.45) is 11.7 Å². The summed E-state index contributed by atoms with van der Waals surface area (Å²) in [6.45, 7) is 4.35. The molecule has 2 N–H and O–H groups in total. The van der Waals surface area contributed by atoms with Crippen LogP contribution in [0.1, 0.15) is 43.9 Å². The predicted octanol–water partition coefficient (Wildman–Crippen LogP) is 2.80. The number of aryl methyl sites for hydroxylation is 1. The minimum absolute atomic E-state index is 0.0528. The summed E-state index contributed by atoms with van der Waals surface area (Å²) in [5.74, 6) is 1.40. The fourth-order valence-corrected chi connectivity index (χ4v) is 4.42. The molecule has 1 aliphatic carbocycles. The molecular formula is C15H23NOS. The van der Waals surface area contributed by atoms with Crippen LogP contribution in [0.4, 0.5) is 0 Å². The normalized spacial score (nSPS) is 24.9. The summed E-state index contributed by atoms with van der Waals surface area (Å²) in [6.07, 6.45) is 3.00. The van der Waals surface area contributed by atoms with Gasteiger partial charge in [-0.1, -0.05) is 38.1 Å². The molecule has 0 radical (unpaired) electrons. The van der Waals surface area contributed by atoms with Gasteiger partial charge < -0.3 is 5.73 Å². The number of rotatable bonds is 4. The van der Waals surface area contributed by atoms with Gasteiger partial charge in [0.2, 0.25) is 0 Å². The summed E-state index contributed by atoms with van der Waals surface area (Å²) >= 11 is 0. The molecule has 2 nitrogen and oxygen atoms in total.